The van der Waals surface area contributed by atoms with Crippen LogP contribution in [-0.4, -0.2) is 49.5 Å². The summed E-state index contributed by atoms with van der Waals surface area (Å²) < 4.78 is 4.77. The van der Waals surface area contributed by atoms with E-state index in [0.717, 1.165) is 43.6 Å². The van der Waals surface area contributed by atoms with Crippen LogP contribution in [0.3, 0.4) is 0 Å². The van der Waals surface area contributed by atoms with Crippen molar-refractivity contribution in [1.29, 1.82) is 0 Å². The molecule has 0 saturated heterocycles. The van der Waals surface area contributed by atoms with Gasteiger partial charge in [-0.15, -0.1) is 0 Å². The van der Waals surface area contributed by atoms with Crippen LogP contribution in [0.4, 0.5) is 0 Å². The molecule has 1 aliphatic rings. The predicted molar refractivity (Wildman–Crippen MR) is 252 cm³/mol. The SMILES string of the molecule is COC1=CC=CC(O)C1O.[Ru].c1ccc(-c2ccnc3c2ccc2c(-c4ccccc4)ccnc23)cc1.c1ccc(-c2ccnc3c2ccc2c(-c4ccccc4)ccnc23)cc1. The molecule has 0 saturated carbocycles. The first-order valence-electron chi connectivity index (χ1n) is 20.4. The number of methoxy groups -OCH3 is 1. The molecule has 0 radical (unpaired) electrons. The van der Waals surface area contributed by atoms with Crippen LogP contribution < -0.4 is 0 Å². The molecule has 11 rings (SSSR count). The summed E-state index contributed by atoms with van der Waals surface area (Å²) in [4.78, 5) is 18.7. The van der Waals surface area contributed by atoms with Crippen molar-refractivity contribution < 1.29 is 34.4 Å². The monoisotopic (exact) mass is 908 g/mol. The van der Waals surface area contributed by atoms with E-state index >= 15 is 0 Å². The van der Waals surface area contributed by atoms with Gasteiger partial charge in [0.15, 0.2) is 0 Å². The second-order valence-corrected chi connectivity index (χ2v) is 14.7. The van der Waals surface area contributed by atoms with Gasteiger partial charge in [0.05, 0.1) is 29.2 Å². The quantitative estimate of drug-likeness (QED) is 0.131. The summed E-state index contributed by atoms with van der Waals surface area (Å²) >= 11 is 0. The van der Waals surface area contributed by atoms with Crippen molar-refractivity contribution in [2.45, 2.75) is 12.2 Å². The van der Waals surface area contributed by atoms with Crippen LogP contribution in [0.1, 0.15) is 0 Å². The van der Waals surface area contributed by atoms with Gasteiger partial charge in [0, 0.05) is 65.8 Å². The number of ether oxygens (including phenoxy) is 1. The molecule has 2 atom stereocenters. The summed E-state index contributed by atoms with van der Waals surface area (Å²) in [5.74, 6) is 0.398. The molecule has 0 bridgehead atoms. The first-order chi connectivity index (χ1) is 30.6. The number of allylic oxidation sites excluding steroid dienone is 2. The normalized spacial score (nSPS) is 14.2. The number of hydrogen-bond donors (Lipinski definition) is 2. The zero-order valence-electron chi connectivity index (χ0n) is 34.3. The van der Waals surface area contributed by atoms with E-state index < -0.39 is 12.2 Å². The average molecular weight is 908 g/mol. The number of hydrogen-bond acceptors (Lipinski definition) is 7. The Balaban J connectivity index is 0.000000141. The van der Waals surface area contributed by atoms with Crippen molar-refractivity contribution >= 4 is 43.6 Å². The maximum absolute atomic E-state index is 9.14. The Morgan fingerprint density at radius 1 is 0.397 bits per heavy atom. The first kappa shape index (κ1) is 42.5. The van der Waals surface area contributed by atoms with E-state index in [9.17, 15) is 0 Å². The van der Waals surface area contributed by atoms with Gasteiger partial charge in [0.1, 0.15) is 18.0 Å². The Labute approximate surface area is 378 Å². The molecule has 1 aliphatic carbocycles. The smallest absolute Gasteiger partial charge is 0.140 e. The Morgan fingerprint density at radius 2 is 0.683 bits per heavy atom. The molecule has 63 heavy (non-hydrogen) atoms. The van der Waals surface area contributed by atoms with Crippen molar-refractivity contribution in [1.82, 2.24) is 19.9 Å². The van der Waals surface area contributed by atoms with Crippen molar-refractivity contribution in [2.75, 3.05) is 7.11 Å². The molecule has 2 N–H and O–H groups in total. The summed E-state index contributed by atoms with van der Waals surface area (Å²) in [6.07, 6.45) is 10.5. The minimum atomic E-state index is -0.907. The Hall–Kier alpha value is -7.22. The summed E-state index contributed by atoms with van der Waals surface area (Å²) in [7, 11) is 1.46. The third-order valence-electron chi connectivity index (χ3n) is 11.0. The topological polar surface area (TPSA) is 101 Å². The standard InChI is InChI=1S/2C24H16N2.C7H10O3.Ru/c2*1-3-7-17(8-4-1)19-13-15-25-23-21(19)11-12-22-20(14-16-26-24(22)23)18-9-5-2-6-10-18;1-10-6-4-2-3-5(8)7(6)9;/h2*1-16H;2-5,7-9H,1H3;. The van der Waals surface area contributed by atoms with Crippen LogP contribution in [0.15, 0.2) is 219 Å². The van der Waals surface area contributed by atoms with Crippen LogP contribution in [0.25, 0.3) is 88.1 Å². The molecule has 7 nitrogen and oxygen atoms in total. The van der Waals surface area contributed by atoms with Crippen LogP contribution in [-0.2, 0) is 24.2 Å². The Morgan fingerprint density at radius 3 is 0.937 bits per heavy atom. The summed E-state index contributed by atoms with van der Waals surface area (Å²) in [6, 6.07) is 58.7. The van der Waals surface area contributed by atoms with Gasteiger partial charge in [-0.25, -0.2) is 0 Å². The van der Waals surface area contributed by atoms with E-state index in [1.807, 2.05) is 49.1 Å². The molecule has 0 aliphatic heterocycles. The molecule has 2 unspecified atom stereocenters. The van der Waals surface area contributed by atoms with E-state index in [2.05, 4.69) is 166 Å². The first-order valence-corrected chi connectivity index (χ1v) is 20.4. The van der Waals surface area contributed by atoms with Crippen LogP contribution in [0, 0.1) is 0 Å². The van der Waals surface area contributed by atoms with E-state index in [1.165, 1.54) is 57.7 Å². The van der Waals surface area contributed by atoms with Crippen LogP contribution in [0.5, 0.6) is 0 Å². The third-order valence-corrected chi connectivity index (χ3v) is 11.0. The van der Waals surface area contributed by atoms with Gasteiger partial charge >= 0.3 is 0 Å². The summed E-state index contributed by atoms with van der Waals surface area (Å²) in [5, 5.41) is 22.7. The fraction of sp³-hybridized carbons (Fsp3) is 0.0545. The Kier molecular flexibility index (Phi) is 13.3. The zero-order valence-corrected chi connectivity index (χ0v) is 36.0. The van der Waals surface area contributed by atoms with Gasteiger partial charge in [0.25, 0.3) is 0 Å². The molecule has 308 valence electrons. The van der Waals surface area contributed by atoms with Crippen molar-refractivity contribution in [3.05, 3.63) is 219 Å². The molecule has 10 aromatic rings. The number of nitrogens with zero attached hydrogens (tertiary/aromatic N) is 4. The fourth-order valence-electron chi connectivity index (χ4n) is 7.96. The summed E-state index contributed by atoms with van der Waals surface area (Å²) in [6.45, 7) is 0. The molecule has 0 amide bonds. The molecule has 0 spiro atoms. The van der Waals surface area contributed by atoms with E-state index in [1.54, 1.807) is 12.2 Å². The van der Waals surface area contributed by atoms with Crippen molar-refractivity contribution in [3.8, 4) is 44.5 Å². The molecule has 6 aromatic carbocycles. The van der Waals surface area contributed by atoms with Gasteiger partial charge in [-0.05, 0) is 74.8 Å². The van der Waals surface area contributed by atoms with Gasteiger partial charge in [-0.3, -0.25) is 19.9 Å². The van der Waals surface area contributed by atoms with Crippen LogP contribution in [0.2, 0.25) is 0 Å². The van der Waals surface area contributed by atoms with E-state index in [0.29, 0.717) is 5.76 Å². The predicted octanol–water partition coefficient (Wildman–Crippen LogP) is 12.0. The molecule has 4 aromatic heterocycles. The number of aromatic nitrogens is 4. The fourth-order valence-corrected chi connectivity index (χ4v) is 7.96. The second-order valence-electron chi connectivity index (χ2n) is 14.7. The van der Waals surface area contributed by atoms with E-state index in [4.69, 9.17) is 14.9 Å². The number of rotatable bonds is 5. The molecule has 0 fully saturated rings. The number of fused-ring (bicyclic) bond motifs is 6. The maximum Gasteiger partial charge on any atom is 0.140 e. The number of pyridine rings is 4. The summed E-state index contributed by atoms with van der Waals surface area (Å²) in [5.41, 5.74) is 13.3. The molecular formula is C55H42N4O3Ru. The minimum Gasteiger partial charge on any atom is -0.498 e. The minimum absolute atomic E-state index is 0. The van der Waals surface area contributed by atoms with Gasteiger partial charge in [0.2, 0.25) is 0 Å². The van der Waals surface area contributed by atoms with Crippen LogP contribution >= 0.6 is 0 Å². The molecule has 8 heteroatoms. The maximum atomic E-state index is 9.14. The second kappa shape index (κ2) is 19.7. The van der Waals surface area contributed by atoms with Crippen molar-refractivity contribution in [3.63, 3.8) is 0 Å². The number of aliphatic hydroxyl groups is 2. The average Bonchev–Trinajstić information content (AvgIpc) is 3.35. The van der Waals surface area contributed by atoms with Gasteiger partial charge < -0.3 is 14.9 Å². The number of benzene rings is 6. The van der Waals surface area contributed by atoms with Gasteiger partial charge in [-0.1, -0.05) is 158 Å². The molecular weight excluding hydrogens is 866 g/mol. The largest absolute Gasteiger partial charge is 0.498 e. The zero-order chi connectivity index (χ0) is 42.3. The van der Waals surface area contributed by atoms with Gasteiger partial charge in [-0.2, -0.15) is 0 Å². The van der Waals surface area contributed by atoms with E-state index in [-0.39, 0.29) is 19.5 Å². The Bertz CT molecular complexity index is 2810. The third kappa shape index (κ3) is 8.92. The van der Waals surface area contributed by atoms with Crippen molar-refractivity contribution in [2.24, 2.45) is 0 Å². The number of aliphatic hydroxyl groups excluding tert-OH is 2. The molecule has 4 heterocycles.